The minimum atomic E-state index is -1.59. The Morgan fingerprint density at radius 2 is 2.07 bits per heavy atom. The van der Waals surface area contributed by atoms with Gasteiger partial charge in [0.1, 0.15) is 18.0 Å². The first-order valence-electron chi connectivity index (χ1n) is 9.97. The molecule has 2 N–H and O–H groups in total. The molecule has 4 aliphatic rings. The average Bonchev–Trinajstić information content (AvgIpc) is 2.91. The van der Waals surface area contributed by atoms with Crippen molar-refractivity contribution in [2.24, 2.45) is 33.6 Å². The molecule has 0 radical (unpaired) electrons. The normalized spacial score (nSPS) is 47.3. The molecule has 3 fully saturated rings. The molecule has 0 aromatic rings. The van der Waals surface area contributed by atoms with E-state index < -0.39 is 23.4 Å². The average molecular weight is 371 g/mol. The second kappa shape index (κ2) is 5.95. The molecule has 4 aliphatic carbocycles. The summed E-state index contributed by atoms with van der Waals surface area (Å²) < 4.78 is 0. The number of carbonyl (C=O) groups is 2. The highest BCUT2D eigenvalue weighted by atomic mass is 16.3. The van der Waals surface area contributed by atoms with Crippen molar-refractivity contribution < 1.29 is 19.8 Å². The summed E-state index contributed by atoms with van der Waals surface area (Å²) in [4.78, 5) is 30.1. The molecular weight excluding hydrogens is 342 g/mol. The summed E-state index contributed by atoms with van der Waals surface area (Å²) in [5, 5.41) is 20.6. The fourth-order valence-electron chi connectivity index (χ4n) is 6.77. The quantitative estimate of drug-likeness (QED) is 0.779. The number of allylic oxidation sites excluding steroid dienone is 4. The molecule has 0 unspecified atom stereocenters. The second-order valence-corrected chi connectivity index (χ2v) is 9.26. The van der Waals surface area contributed by atoms with Gasteiger partial charge in [-0.1, -0.05) is 25.5 Å². The number of aliphatic hydroxyl groups excluding tert-OH is 1. The van der Waals surface area contributed by atoms with E-state index in [4.69, 9.17) is 0 Å². The number of Topliss-reactive ketones (excluding diaryl/α,β-unsaturated/α-hetero) is 2. The van der Waals surface area contributed by atoms with Crippen LogP contribution in [0.25, 0.3) is 0 Å². The van der Waals surface area contributed by atoms with Gasteiger partial charge in [0, 0.05) is 30.2 Å². The van der Waals surface area contributed by atoms with Gasteiger partial charge in [0.15, 0.2) is 5.78 Å². The zero-order chi connectivity index (χ0) is 19.6. The number of nitrogens with zero attached hydrogens (tertiary/aromatic N) is 1. The lowest BCUT2D eigenvalue weighted by Crippen LogP contribution is -2.60. The van der Waals surface area contributed by atoms with E-state index in [1.54, 1.807) is 7.05 Å². The highest BCUT2D eigenvalue weighted by Gasteiger charge is 2.68. The first-order chi connectivity index (χ1) is 12.7. The summed E-state index contributed by atoms with van der Waals surface area (Å²) in [6.45, 7) is 3.37. The molecule has 5 heteroatoms. The molecule has 0 heterocycles. The Morgan fingerprint density at radius 1 is 1.33 bits per heavy atom. The number of carbonyl (C=O) groups excluding carboxylic acids is 2. The fourth-order valence-corrected chi connectivity index (χ4v) is 6.77. The standard InChI is InChI=1S/C22H29NO4/c1-20-8-6-14(23-3)10-13(20)4-5-15-16-7-9-22(27,18(26)12-24)21(16,2)11-17(25)19(15)20/h6,8,10,15-16,19,24,27H,4-5,7,9,11-12H2,1-3H3/b23-14+/t15-,16-,19+,20-,21-,22-/m0/s1. The van der Waals surface area contributed by atoms with Crippen LogP contribution in [0, 0.1) is 28.6 Å². The van der Waals surface area contributed by atoms with E-state index in [1.807, 2.05) is 13.0 Å². The molecule has 6 atom stereocenters. The fraction of sp³-hybridized carbons (Fsp3) is 0.682. The SMILES string of the molecule is C/N=C1\C=C[C@@]2(C)C(=C1)CC[C@@H]1[C@@H]2C(=O)C[C@@]2(C)[C@H]1CC[C@]2(O)C(=O)CO. The molecular formula is C22H29NO4. The summed E-state index contributed by atoms with van der Waals surface area (Å²) >= 11 is 0. The molecule has 0 amide bonds. The van der Waals surface area contributed by atoms with E-state index in [1.165, 1.54) is 5.57 Å². The van der Waals surface area contributed by atoms with Crippen LogP contribution in [0.3, 0.4) is 0 Å². The maximum absolute atomic E-state index is 13.4. The molecule has 5 nitrogen and oxygen atoms in total. The van der Waals surface area contributed by atoms with Crippen LogP contribution in [0.1, 0.15) is 46.0 Å². The van der Waals surface area contributed by atoms with Gasteiger partial charge in [-0.3, -0.25) is 14.6 Å². The molecule has 0 aliphatic heterocycles. The molecule has 0 bridgehead atoms. The first-order valence-corrected chi connectivity index (χ1v) is 9.97. The third kappa shape index (κ3) is 2.27. The topological polar surface area (TPSA) is 87.0 Å². The molecule has 0 aromatic heterocycles. The smallest absolute Gasteiger partial charge is 0.190 e. The lowest BCUT2D eigenvalue weighted by Gasteiger charge is -2.56. The highest BCUT2D eigenvalue weighted by molar-refractivity contribution is 6.06. The van der Waals surface area contributed by atoms with Gasteiger partial charge in [0.2, 0.25) is 0 Å². The predicted octanol–water partition coefficient (Wildman–Crippen LogP) is 2.27. The van der Waals surface area contributed by atoms with Gasteiger partial charge in [-0.2, -0.15) is 0 Å². The van der Waals surface area contributed by atoms with E-state index in [0.29, 0.717) is 6.42 Å². The van der Waals surface area contributed by atoms with Gasteiger partial charge in [-0.05, 0) is 49.7 Å². The molecule has 0 spiro atoms. The van der Waals surface area contributed by atoms with Crippen LogP contribution in [0.2, 0.25) is 0 Å². The van der Waals surface area contributed by atoms with Crippen LogP contribution in [0.5, 0.6) is 0 Å². The van der Waals surface area contributed by atoms with E-state index in [9.17, 15) is 19.8 Å². The van der Waals surface area contributed by atoms with Crippen LogP contribution in [0.15, 0.2) is 28.8 Å². The number of ketones is 2. The highest BCUT2D eigenvalue weighted by Crippen LogP contribution is 2.66. The summed E-state index contributed by atoms with van der Waals surface area (Å²) in [5.74, 6) is -0.239. The van der Waals surface area contributed by atoms with Crippen molar-refractivity contribution in [2.45, 2.75) is 51.6 Å². The molecule has 0 saturated heterocycles. The Kier molecular flexibility index (Phi) is 4.13. The van der Waals surface area contributed by atoms with Crippen LogP contribution >= 0.6 is 0 Å². The van der Waals surface area contributed by atoms with Crippen molar-refractivity contribution in [3.8, 4) is 0 Å². The maximum atomic E-state index is 13.4. The third-order valence-corrected chi connectivity index (χ3v) is 8.28. The lowest BCUT2D eigenvalue weighted by atomic mass is 9.46. The summed E-state index contributed by atoms with van der Waals surface area (Å²) in [7, 11) is 1.78. The minimum absolute atomic E-state index is 0.114. The first kappa shape index (κ1) is 18.8. The molecule has 27 heavy (non-hydrogen) atoms. The number of hydrogen-bond donors (Lipinski definition) is 2. The van der Waals surface area contributed by atoms with Crippen LogP contribution in [-0.4, -0.2) is 46.7 Å². The zero-order valence-electron chi connectivity index (χ0n) is 16.4. The maximum Gasteiger partial charge on any atom is 0.190 e. The van der Waals surface area contributed by atoms with Crippen molar-refractivity contribution >= 4 is 17.3 Å². The largest absolute Gasteiger partial charge is 0.388 e. The van der Waals surface area contributed by atoms with Crippen molar-refractivity contribution in [3.63, 3.8) is 0 Å². The molecule has 146 valence electrons. The van der Waals surface area contributed by atoms with Crippen molar-refractivity contribution in [1.29, 1.82) is 0 Å². The molecule has 4 rings (SSSR count). The van der Waals surface area contributed by atoms with Crippen molar-refractivity contribution in [3.05, 3.63) is 23.8 Å². The van der Waals surface area contributed by atoms with Gasteiger partial charge in [0.05, 0.1) is 5.71 Å². The van der Waals surface area contributed by atoms with Gasteiger partial charge >= 0.3 is 0 Å². The Labute approximate surface area is 160 Å². The number of fused-ring (bicyclic) bond motifs is 5. The summed E-state index contributed by atoms with van der Waals surface area (Å²) in [5.41, 5.74) is -0.468. The Hall–Kier alpha value is -1.59. The van der Waals surface area contributed by atoms with Crippen molar-refractivity contribution in [1.82, 2.24) is 0 Å². The zero-order valence-corrected chi connectivity index (χ0v) is 16.4. The van der Waals surface area contributed by atoms with E-state index in [-0.39, 0.29) is 35.4 Å². The summed E-state index contributed by atoms with van der Waals surface area (Å²) in [6, 6.07) is 0. The van der Waals surface area contributed by atoms with Crippen LogP contribution in [0.4, 0.5) is 0 Å². The van der Waals surface area contributed by atoms with Gasteiger partial charge < -0.3 is 10.2 Å². The van der Waals surface area contributed by atoms with Gasteiger partial charge in [-0.15, -0.1) is 0 Å². The Balaban J connectivity index is 1.75. The van der Waals surface area contributed by atoms with Gasteiger partial charge in [0.25, 0.3) is 0 Å². The van der Waals surface area contributed by atoms with E-state index >= 15 is 0 Å². The Bertz CT molecular complexity index is 796. The van der Waals surface area contributed by atoms with Crippen LogP contribution < -0.4 is 0 Å². The summed E-state index contributed by atoms with van der Waals surface area (Å²) in [6.07, 6.45) is 9.35. The lowest BCUT2D eigenvalue weighted by molar-refractivity contribution is -0.168. The third-order valence-electron chi connectivity index (χ3n) is 8.28. The molecule has 0 aromatic carbocycles. The number of rotatable bonds is 2. The number of hydrogen-bond acceptors (Lipinski definition) is 5. The van der Waals surface area contributed by atoms with Gasteiger partial charge in [-0.25, -0.2) is 0 Å². The molecule has 3 saturated carbocycles. The second-order valence-electron chi connectivity index (χ2n) is 9.26. The number of aliphatic imine (C=N–C) groups is 1. The Morgan fingerprint density at radius 3 is 2.74 bits per heavy atom. The van der Waals surface area contributed by atoms with Crippen molar-refractivity contribution in [2.75, 3.05) is 13.7 Å². The predicted molar refractivity (Wildman–Crippen MR) is 102 cm³/mol. The van der Waals surface area contributed by atoms with Crippen LogP contribution in [-0.2, 0) is 9.59 Å². The van der Waals surface area contributed by atoms with E-state index in [2.05, 4.69) is 24.1 Å². The minimum Gasteiger partial charge on any atom is -0.388 e. The number of aliphatic hydroxyl groups is 2. The monoisotopic (exact) mass is 371 g/mol. The van der Waals surface area contributed by atoms with E-state index in [0.717, 1.165) is 25.0 Å².